The number of nitrogens with zero attached hydrogens (tertiary/aromatic N) is 6. The van der Waals surface area contributed by atoms with Gasteiger partial charge in [0.25, 0.3) is 0 Å². The monoisotopic (exact) mass is 434 g/mol. The van der Waals surface area contributed by atoms with Crippen molar-refractivity contribution in [2.75, 3.05) is 36.4 Å². The normalized spacial score (nSPS) is 14.8. The van der Waals surface area contributed by atoms with Gasteiger partial charge >= 0.3 is 0 Å². The average Bonchev–Trinajstić information content (AvgIpc) is 3.17. The third-order valence-corrected chi connectivity index (χ3v) is 4.75. The molecular formula is C16H16BrFN8O. The summed E-state index contributed by atoms with van der Waals surface area (Å²) in [6, 6.07) is 5.01. The molecule has 0 radical (unpaired) electrons. The molecule has 2 N–H and O–H groups in total. The van der Waals surface area contributed by atoms with Gasteiger partial charge in [0.05, 0.1) is 5.69 Å². The second kappa shape index (κ2) is 8.13. The molecule has 1 aliphatic heterocycles. The molecule has 1 aromatic heterocycles. The van der Waals surface area contributed by atoms with Crippen molar-refractivity contribution in [2.45, 2.75) is 6.92 Å². The van der Waals surface area contributed by atoms with Crippen LogP contribution in [-0.2, 0) is 4.79 Å². The SMILES string of the molecule is CC(=O)N1CCN(c2c(F)cc(NC=C(C#N)c3nn[nH]n3)cc2Br)CC1. The fourth-order valence-corrected chi connectivity index (χ4v) is 3.46. The highest BCUT2D eigenvalue weighted by Crippen LogP contribution is 2.33. The quantitative estimate of drug-likeness (QED) is 0.704. The first kappa shape index (κ1) is 18.8. The fourth-order valence-electron chi connectivity index (χ4n) is 2.77. The van der Waals surface area contributed by atoms with Crippen LogP contribution in [0.3, 0.4) is 0 Å². The summed E-state index contributed by atoms with van der Waals surface area (Å²) >= 11 is 3.41. The maximum absolute atomic E-state index is 14.7. The summed E-state index contributed by atoms with van der Waals surface area (Å²) in [6.45, 7) is 3.75. The summed E-state index contributed by atoms with van der Waals surface area (Å²) in [5.41, 5.74) is 1.07. The first-order valence-electron chi connectivity index (χ1n) is 8.09. The predicted molar refractivity (Wildman–Crippen MR) is 100.0 cm³/mol. The Balaban J connectivity index is 1.76. The number of allylic oxidation sites excluding steroid dienone is 1. The molecule has 1 fully saturated rings. The number of nitriles is 1. The molecule has 1 aliphatic rings. The minimum atomic E-state index is -0.408. The van der Waals surface area contributed by atoms with Crippen LogP contribution >= 0.6 is 15.9 Å². The molecule has 9 nitrogen and oxygen atoms in total. The molecule has 1 aromatic carbocycles. The third kappa shape index (κ3) is 4.22. The number of anilines is 2. The van der Waals surface area contributed by atoms with E-state index in [9.17, 15) is 9.18 Å². The molecule has 1 saturated heterocycles. The zero-order chi connectivity index (χ0) is 19.4. The summed E-state index contributed by atoms with van der Waals surface area (Å²) in [5, 5.41) is 25.2. The number of rotatable bonds is 4. The van der Waals surface area contributed by atoms with Gasteiger partial charge in [0, 0.05) is 49.5 Å². The second-order valence-electron chi connectivity index (χ2n) is 5.83. The third-order valence-electron chi connectivity index (χ3n) is 4.15. The number of hydrogen-bond acceptors (Lipinski definition) is 7. The van der Waals surface area contributed by atoms with Crippen LogP contribution in [0, 0.1) is 17.1 Å². The highest BCUT2D eigenvalue weighted by atomic mass is 79.9. The van der Waals surface area contributed by atoms with E-state index in [1.807, 2.05) is 11.0 Å². The van der Waals surface area contributed by atoms with Gasteiger partial charge in [0.15, 0.2) is 0 Å². The molecule has 0 unspecified atom stereocenters. The molecule has 11 heteroatoms. The van der Waals surface area contributed by atoms with Gasteiger partial charge in [-0.2, -0.15) is 10.5 Å². The Morgan fingerprint density at radius 3 is 2.70 bits per heavy atom. The molecule has 0 bridgehead atoms. The highest BCUT2D eigenvalue weighted by Gasteiger charge is 2.23. The number of piperazine rings is 1. The van der Waals surface area contributed by atoms with Gasteiger partial charge in [-0.15, -0.1) is 10.2 Å². The number of tetrazole rings is 1. The molecule has 27 heavy (non-hydrogen) atoms. The van der Waals surface area contributed by atoms with Crippen LogP contribution in [0.25, 0.3) is 5.57 Å². The van der Waals surface area contributed by atoms with Crippen molar-refractivity contribution in [3.05, 3.63) is 34.4 Å². The Hall–Kier alpha value is -3.00. The molecule has 2 aromatic rings. The lowest BCUT2D eigenvalue weighted by atomic mass is 10.2. The Bertz CT molecular complexity index is 877. The zero-order valence-corrected chi connectivity index (χ0v) is 16.0. The number of H-pyrrole nitrogens is 1. The van der Waals surface area contributed by atoms with Crippen LogP contribution in [0.15, 0.2) is 22.8 Å². The van der Waals surface area contributed by atoms with E-state index in [-0.39, 0.29) is 17.3 Å². The molecule has 0 atom stereocenters. The van der Waals surface area contributed by atoms with Crippen molar-refractivity contribution in [1.82, 2.24) is 25.5 Å². The van der Waals surface area contributed by atoms with E-state index in [4.69, 9.17) is 5.26 Å². The molecule has 1 amide bonds. The fraction of sp³-hybridized carbons (Fsp3) is 0.312. The van der Waals surface area contributed by atoms with E-state index >= 15 is 0 Å². The molecule has 0 spiro atoms. The van der Waals surface area contributed by atoms with Gasteiger partial charge in [0.1, 0.15) is 17.5 Å². The van der Waals surface area contributed by atoms with Crippen LogP contribution in [0.5, 0.6) is 0 Å². The first-order chi connectivity index (χ1) is 13.0. The summed E-state index contributed by atoms with van der Waals surface area (Å²) < 4.78 is 15.3. The average molecular weight is 435 g/mol. The van der Waals surface area contributed by atoms with Gasteiger partial charge in [-0.1, -0.05) is 0 Å². The molecular weight excluding hydrogens is 419 g/mol. The Labute approximate surface area is 163 Å². The van der Waals surface area contributed by atoms with E-state index < -0.39 is 5.82 Å². The van der Waals surface area contributed by atoms with Crippen molar-refractivity contribution >= 4 is 38.8 Å². The number of nitrogens with one attached hydrogen (secondary N) is 2. The first-order valence-corrected chi connectivity index (χ1v) is 8.89. The summed E-state index contributed by atoms with van der Waals surface area (Å²) in [7, 11) is 0. The van der Waals surface area contributed by atoms with Gasteiger partial charge in [-0.05, 0) is 33.3 Å². The van der Waals surface area contributed by atoms with Gasteiger partial charge in [0.2, 0.25) is 11.7 Å². The van der Waals surface area contributed by atoms with Gasteiger partial charge in [-0.25, -0.2) is 4.39 Å². The molecule has 0 aliphatic carbocycles. The number of hydrogen-bond donors (Lipinski definition) is 2. The minimum absolute atomic E-state index is 0.0235. The van der Waals surface area contributed by atoms with Crippen molar-refractivity contribution < 1.29 is 9.18 Å². The summed E-state index contributed by atoms with van der Waals surface area (Å²) in [4.78, 5) is 15.1. The number of carbonyl (C=O) groups is 1. The molecule has 140 valence electrons. The Morgan fingerprint density at radius 1 is 1.41 bits per heavy atom. The van der Waals surface area contributed by atoms with E-state index in [2.05, 4.69) is 41.9 Å². The second-order valence-corrected chi connectivity index (χ2v) is 6.69. The standard InChI is InChI=1S/C16H16BrFN8O/c1-10(27)25-2-4-26(5-3-25)15-13(17)6-12(7-14(15)18)20-9-11(8-19)16-21-23-24-22-16/h6-7,9,20H,2-5H2,1H3,(H,21,22,23,24). The largest absolute Gasteiger partial charge is 0.365 e. The molecule has 0 saturated carbocycles. The smallest absolute Gasteiger partial charge is 0.219 e. The Kier molecular flexibility index (Phi) is 5.66. The maximum atomic E-state index is 14.7. The van der Waals surface area contributed by atoms with Crippen LogP contribution < -0.4 is 10.2 Å². The number of aromatic nitrogens is 4. The van der Waals surface area contributed by atoms with Crippen molar-refractivity contribution in [3.8, 4) is 6.07 Å². The Morgan fingerprint density at radius 2 is 2.15 bits per heavy atom. The lowest BCUT2D eigenvalue weighted by Gasteiger charge is -2.36. The number of amides is 1. The van der Waals surface area contributed by atoms with Crippen molar-refractivity contribution in [2.24, 2.45) is 0 Å². The number of halogens is 2. The van der Waals surface area contributed by atoms with Crippen LogP contribution in [0.2, 0.25) is 0 Å². The van der Waals surface area contributed by atoms with E-state index in [0.717, 1.165) is 0 Å². The number of carbonyl (C=O) groups excluding carboxylic acids is 1. The van der Waals surface area contributed by atoms with Crippen LogP contribution in [-0.4, -0.2) is 57.6 Å². The van der Waals surface area contributed by atoms with Crippen molar-refractivity contribution in [3.63, 3.8) is 0 Å². The number of benzene rings is 1. The summed E-state index contributed by atoms with van der Waals surface area (Å²) in [6.07, 6.45) is 1.39. The molecule has 2 heterocycles. The summed E-state index contributed by atoms with van der Waals surface area (Å²) in [5.74, 6) is -0.241. The zero-order valence-electron chi connectivity index (χ0n) is 14.4. The van der Waals surface area contributed by atoms with E-state index in [1.165, 1.54) is 19.2 Å². The topological polar surface area (TPSA) is 114 Å². The predicted octanol–water partition coefficient (Wildman–Crippen LogP) is 1.75. The maximum Gasteiger partial charge on any atom is 0.219 e. The molecule has 3 rings (SSSR count). The highest BCUT2D eigenvalue weighted by molar-refractivity contribution is 9.10. The lowest BCUT2D eigenvalue weighted by molar-refractivity contribution is -0.129. The van der Waals surface area contributed by atoms with E-state index in [1.54, 1.807) is 11.0 Å². The van der Waals surface area contributed by atoms with Crippen LogP contribution in [0.1, 0.15) is 12.7 Å². The van der Waals surface area contributed by atoms with Crippen molar-refractivity contribution in [1.29, 1.82) is 5.26 Å². The number of aromatic amines is 1. The van der Waals surface area contributed by atoms with Crippen LogP contribution in [0.4, 0.5) is 15.8 Å². The van der Waals surface area contributed by atoms with E-state index in [0.29, 0.717) is 42.0 Å². The van der Waals surface area contributed by atoms with Gasteiger partial charge < -0.3 is 15.1 Å². The minimum Gasteiger partial charge on any atom is -0.365 e. The lowest BCUT2D eigenvalue weighted by Crippen LogP contribution is -2.48. The van der Waals surface area contributed by atoms with Gasteiger partial charge in [-0.3, -0.25) is 4.79 Å².